The van der Waals surface area contributed by atoms with Gasteiger partial charge in [0.2, 0.25) is 0 Å². The average Bonchev–Trinajstić information content (AvgIpc) is 3.07. The van der Waals surface area contributed by atoms with Crippen molar-refractivity contribution in [3.05, 3.63) is 44.1 Å². The molecule has 2 heterocycles. The van der Waals surface area contributed by atoms with E-state index in [9.17, 15) is 18.0 Å². The third kappa shape index (κ3) is 3.10. The van der Waals surface area contributed by atoms with Crippen LogP contribution < -0.4 is 10.4 Å². The van der Waals surface area contributed by atoms with Crippen molar-refractivity contribution in [2.24, 2.45) is 14.1 Å². The molecule has 0 aliphatic rings. The standard InChI is InChI=1S/C16H17BrN4O5S/c1-5-10-14(8(2)26-18-10)15(22)19-27(24,25)13-7-12-11(6-9(13)17)20(3)16(23)21(12)4/h6-7H,5H2,1-4H3,(H,19,22). The van der Waals surface area contributed by atoms with E-state index in [0.717, 1.165) is 0 Å². The number of hydrogen-bond donors (Lipinski definition) is 1. The van der Waals surface area contributed by atoms with Crippen molar-refractivity contribution in [1.82, 2.24) is 19.0 Å². The number of amides is 1. The van der Waals surface area contributed by atoms with Crippen molar-refractivity contribution in [3.63, 3.8) is 0 Å². The second-order valence-electron chi connectivity index (χ2n) is 6.02. The molecule has 2 aromatic heterocycles. The smallest absolute Gasteiger partial charge is 0.328 e. The number of hydrogen-bond acceptors (Lipinski definition) is 6. The van der Waals surface area contributed by atoms with Gasteiger partial charge in [0, 0.05) is 18.6 Å². The van der Waals surface area contributed by atoms with Crippen LogP contribution in [0, 0.1) is 6.92 Å². The number of carbonyl (C=O) groups is 1. The summed E-state index contributed by atoms with van der Waals surface area (Å²) < 4.78 is 35.6. The molecule has 1 N–H and O–H groups in total. The summed E-state index contributed by atoms with van der Waals surface area (Å²) >= 11 is 3.22. The van der Waals surface area contributed by atoms with E-state index < -0.39 is 15.9 Å². The van der Waals surface area contributed by atoms with Crippen molar-refractivity contribution < 1.29 is 17.7 Å². The first-order valence-corrected chi connectivity index (χ1v) is 10.2. The predicted octanol–water partition coefficient (Wildman–Crippen LogP) is 1.62. The molecule has 0 atom stereocenters. The molecule has 0 saturated heterocycles. The molecule has 9 nitrogen and oxygen atoms in total. The SMILES string of the molecule is CCc1noc(C)c1C(=O)NS(=O)(=O)c1cc2c(cc1Br)n(C)c(=O)n2C. The maximum atomic E-state index is 12.8. The van der Waals surface area contributed by atoms with Crippen LogP contribution in [0.25, 0.3) is 11.0 Å². The molecule has 1 aromatic carbocycles. The Morgan fingerprint density at radius 2 is 1.85 bits per heavy atom. The van der Waals surface area contributed by atoms with Crippen molar-refractivity contribution in [1.29, 1.82) is 0 Å². The molecule has 1 amide bonds. The highest BCUT2D eigenvalue weighted by molar-refractivity contribution is 9.10. The number of nitrogens with zero attached hydrogens (tertiary/aromatic N) is 3. The molecule has 27 heavy (non-hydrogen) atoms. The van der Waals surface area contributed by atoms with E-state index in [1.165, 1.54) is 28.2 Å². The van der Waals surface area contributed by atoms with Gasteiger partial charge in [-0.05, 0) is 41.4 Å². The van der Waals surface area contributed by atoms with Crippen molar-refractivity contribution >= 4 is 42.9 Å². The van der Waals surface area contributed by atoms with Crippen LogP contribution in [0.2, 0.25) is 0 Å². The van der Waals surface area contributed by atoms with Gasteiger partial charge in [-0.1, -0.05) is 12.1 Å². The van der Waals surface area contributed by atoms with Gasteiger partial charge < -0.3 is 4.52 Å². The first kappa shape index (κ1) is 19.4. The maximum absolute atomic E-state index is 12.8. The van der Waals surface area contributed by atoms with Crippen LogP contribution in [0.5, 0.6) is 0 Å². The summed E-state index contributed by atoms with van der Waals surface area (Å²) in [4.78, 5) is 24.5. The third-order valence-corrected chi connectivity index (χ3v) is 6.63. The topological polar surface area (TPSA) is 116 Å². The van der Waals surface area contributed by atoms with Crippen molar-refractivity contribution in [2.45, 2.75) is 25.2 Å². The highest BCUT2D eigenvalue weighted by atomic mass is 79.9. The minimum atomic E-state index is -4.21. The van der Waals surface area contributed by atoms with Crippen LogP contribution in [0.3, 0.4) is 0 Å². The Morgan fingerprint density at radius 3 is 2.44 bits per heavy atom. The maximum Gasteiger partial charge on any atom is 0.328 e. The molecule has 0 bridgehead atoms. The van der Waals surface area contributed by atoms with Gasteiger partial charge in [-0.25, -0.2) is 17.9 Å². The highest BCUT2D eigenvalue weighted by Gasteiger charge is 2.27. The Bertz CT molecular complexity index is 1240. The lowest BCUT2D eigenvalue weighted by molar-refractivity contribution is 0.0979. The number of nitrogens with one attached hydrogen (secondary N) is 1. The quantitative estimate of drug-likeness (QED) is 0.637. The lowest BCUT2D eigenvalue weighted by atomic mass is 10.1. The fourth-order valence-electron chi connectivity index (χ4n) is 2.88. The zero-order valence-electron chi connectivity index (χ0n) is 15.0. The number of imidazole rings is 1. The van der Waals surface area contributed by atoms with E-state index in [1.54, 1.807) is 21.0 Å². The van der Waals surface area contributed by atoms with Crippen LogP contribution >= 0.6 is 15.9 Å². The van der Waals surface area contributed by atoms with Gasteiger partial charge in [-0.3, -0.25) is 13.9 Å². The number of halogens is 1. The molecule has 0 saturated carbocycles. The Labute approximate surface area is 163 Å². The number of aromatic nitrogens is 3. The van der Waals surface area contributed by atoms with Crippen LogP contribution in [0.15, 0.2) is 30.8 Å². The zero-order chi connectivity index (χ0) is 20.1. The number of fused-ring (bicyclic) bond motifs is 1. The monoisotopic (exact) mass is 456 g/mol. The van der Waals surface area contributed by atoms with Gasteiger partial charge >= 0.3 is 5.69 Å². The van der Waals surface area contributed by atoms with Gasteiger partial charge in [0.25, 0.3) is 15.9 Å². The third-order valence-electron chi connectivity index (χ3n) is 4.34. The van der Waals surface area contributed by atoms with Crippen LogP contribution in [0.4, 0.5) is 0 Å². The molecular weight excluding hydrogens is 440 g/mol. The Kier molecular flexibility index (Phi) is 4.76. The van der Waals surface area contributed by atoms with E-state index in [0.29, 0.717) is 23.1 Å². The number of carbonyl (C=O) groups excluding carboxylic acids is 1. The normalized spacial score (nSPS) is 11.9. The molecule has 0 radical (unpaired) electrons. The molecular formula is C16H17BrN4O5S. The fraction of sp³-hybridized carbons (Fsp3) is 0.312. The zero-order valence-corrected chi connectivity index (χ0v) is 17.4. The fourth-order valence-corrected chi connectivity index (χ4v) is 4.89. The second-order valence-corrected chi connectivity index (χ2v) is 8.53. The van der Waals surface area contributed by atoms with Crippen molar-refractivity contribution in [3.8, 4) is 0 Å². The molecule has 0 aliphatic carbocycles. The van der Waals surface area contributed by atoms with Gasteiger partial charge in [0.05, 0.1) is 16.7 Å². The Balaban J connectivity index is 2.08. The lowest BCUT2D eigenvalue weighted by Crippen LogP contribution is -2.31. The molecule has 0 unspecified atom stereocenters. The minimum Gasteiger partial charge on any atom is -0.361 e. The number of benzene rings is 1. The molecule has 0 aliphatic heterocycles. The second kappa shape index (κ2) is 6.64. The summed E-state index contributed by atoms with van der Waals surface area (Å²) in [6.07, 6.45) is 0.419. The average molecular weight is 457 g/mol. The van der Waals surface area contributed by atoms with E-state index >= 15 is 0 Å². The molecule has 144 valence electrons. The van der Waals surface area contributed by atoms with Gasteiger partial charge in [-0.15, -0.1) is 0 Å². The summed E-state index contributed by atoms with van der Waals surface area (Å²) in [5.41, 5.74) is 1.17. The minimum absolute atomic E-state index is 0.102. The molecule has 3 rings (SSSR count). The predicted molar refractivity (Wildman–Crippen MR) is 101 cm³/mol. The summed E-state index contributed by atoms with van der Waals surface area (Å²) in [7, 11) is -1.08. The van der Waals surface area contributed by atoms with E-state index in [1.807, 2.05) is 4.72 Å². The first-order valence-electron chi connectivity index (χ1n) is 7.95. The van der Waals surface area contributed by atoms with Gasteiger partial charge in [-0.2, -0.15) is 0 Å². The van der Waals surface area contributed by atoms with Gasteiger partial charge in [0.1, 0.15) is 16.2 Å². The van der Waals surface area contributed by atoms with Crippen LogP contribution in [-0.2, 0) is 30.5 Å². The van der Waals surface area contributed by atoms with Crippen LogP contribution in [-0.4, -0.2) is 28.6 Å². The summed E-state index contributed by atoms with van der Waals surface area (Å²) in [6, 6.07) is 2.87. The Morgan fingerprint density at radius 1 is 1.26 bits per heavy atom. The van der Waals surface area contributed by atoms with Gasteiger partial charge in [0.15, 0.2) is 0 Å². The molecule has 0 fully saturated rings. The number of aryl methyl sites for hydroxylation is 4. The largest absolute Gasteiger partial charge is 0.361 e. The van der Waals surface area contributed by atoms with E-state index in [4.69, 9.17) is 4.52 Å². The summed E-state index contributed by atoms with van der Waals surface area (Å²) in [5, 5.41) is 3.76. The number of rotatable bonds is 4. The molecule has 11 heteroatoms. The van der Waals surface area contributed by atoms with E-state index in [2.05, 4.69) is 21.1 Å². The highest BCUT2D eigenvalue weighted by Crippen LogP contribution is 2.27. The molecule has 0 spiro atoms. The van der Waals surface area contributed by atoms with Crippen molar-refractivity contribution in [2.75, 3.05) is 0 Å². The number of sulfonamides is 1. The first-order chi connectivity index (χ1) is 12.6. The Hall–Kier alpha value is -2.40. The molecule has 3 aromatic rings. The lowest BCUT2D eigenvalue weighted by Gasteiger charge is -2.09. The summed E-state index contributed by atoms with van der Waals surface area (Å²) in [5.74, 6) is -0.584. The summed E-state index contributed by atoms with van der Waals surface area (Å²) in [6.45, 7) is 3.32. The van der Waals surface area contributed by atoms with E-state index in [-0.39, 0.29) is 26.4 Å². The van der Waals surface area contributed by atoms with Crippen LogP contribution in [0.1, 0.15) is 28.7 Å².